The smallest absolute Gasteiger partial charge is 0.275 e. The summed E-state index contributed by atoms with van der Waals surface area (Å²) >= 11 is 0. The third-order valence-electron chi connectivity index (χ3n) is 5.18. The van der Waals surface area contributed by atoms with Crippen LogP contribution in [0.3, 0.4) is 0 Å². The number of piperazine rings is 1. The standard InChI is InChI=1S/C21H28N4O4/c1-21(2,3)22-17(26)14-23-10-12-24(13-11-23)18(27)8-9-25-19(28)15-6-4-5-7-16(15)20(25)29/h4-7H,8-14H2,1-3H3,(H,22,26)/p+1. The lowest BCUT2D eigenvalue weighted by Gasteiger charge is -2.32. The highest BCUT2D eigenvalue weighted by Crippen LogP contribution is 2.22. The molecule has 1 fully saturated rings. The van der Waals surface area contributed by atoms with Gasteiger partial charge in [0.25, 0.3) is 17.7 Å². The molecule has 1 aromatic carbocycles. The Bertz CT molecular complexity index is 787. The van der Waals surface area contributed by atoms with Gasteiger partial charge in [-0.1, -0.05) is 12.1 Å². The molecule has 0 atom stereocenters. The molecule has 2 N–H and O–H groups in total. The van der Waals surface area contributed by atoms with Gasteiger partial charge in [-0.2, -0.15) is 0 Å². The zero-order valence-corrected chi connectivity index (χ0v) is 17.3. The first-order valence-corrected chi connectivity index (χ1v) is 10.0. The summed E-state index contributed by atoms with van der Waals surface area (Å²) in [5.74, 6) is -0.729. The van der Waals surface area contributed by atoms with Gasteiger partial charge in [0.1, 0.15) is 0 Å². The molecule has 2 aliphatic heterocycles. The summed E-state index contributed by atoms with van der Waals surface area (Å²) in [5.41, 5.74) is 0.546. The number of carbonyl (C=O) groups is 4. The van der Waals surface area contributed by atoms with Crippen molar-refractivity contribution in [3.63, 3.8) is 0 Å². The molecule has 0 aliphatic carbocycles. The van der Waals surface area contributed by atoms with E-state index < -0.39 is 0 Å². The first-order valence-electron chi connectivity index (χ1n) is 10.0. The highest BCUT2D eigenvalue weighted by molar-refractivity contribution is 6.21. The number of benzene rings is 1. The number of nitrogens with one attached hydrogen (secondary N) is 2. The Morgan fingerprint density at radius 2 is 1.59 bits per heavy atom. The average Bonchev–Trinajstić information content (AvgIpc) is 2.90. The fourth-order valence-electron chi connectivity index (χ4n) is 3.75. The predicted molar refractivity (Wildman–Crippen MR) is 106 cm³/mol. The summed E-state index contributed by atoms with van der Waals surface area (Å²) in [6.07, 6.45) is 0.116. The minimum absolute atomic E-state index is 0.0119. The summed E-state index contributed by atoms with van der Waals surface area (Å²) in [5, 5.41) is 2.96. The lowest BCUT2D eigenvalue weighted by molar-refractivity contribution is -0.896. The van der Waals surface area contributed by atoms with Crippen LogP contribution < -0.4 is 10.2 Å². The molecule has 8 nitrogen and oxygen atoms in total. The van der Waals surface area contributed by atoms with Gasteiger partial charge in [-0.15, -0.1) is 0 Å². The lowest BCUT2D eigenvalue weighted by Crippen LogP contribution is -3.16. The third-order valence-corrected chi connectivity index (χ3v) is 5.18. The van der Waals surface area contributed by atoms with Crippen LogP contribution in [0.15, 0.2) is 24.3 Å². The van der Waals surface area contributed by atoms with E-state index >= 15 is 0 Å². The van der Waals surface area contributed by atoms with Crippen molar-refractivity contribution >= 4 is 23.6 Å². The summed E-state index contributed by atoms with van der Waals surface area (Å²) in [6.45, 7) is 8.88. The molecular weight excluding hydrogens is 372 g/mol. The lowest BCUT2D eigenvalue weighted by atomic mass is 10.1. The zero-order chi connectivity index (χ0) is 21.2. The number of hydrogen-bond donors (Lipinski definition) is 2. The number of amides is 4. The van der Waals surface area contributed by atoms with E-state index in [2.05, 4.69) is 5.32 Å². The van der Waals surface area contributed by atoms with Gasteiger partial charge in [-0.3, -0.25) is 24.1 Å². The first-order chi connectivity index (χ1) is 13.7. The minimum atomic E-state index is -0.336. The van der Waals surface area contributed by atoms with Crippen LogP contribution in [0.1, 0.15) is 47.9 Å². The van der Waals surface area contributed by atoms with Crippen LogP contribution in [0.5, 0.6) is 0 Å². The van der Waals surface area contributed by atoms with Crippen LogP contribution in [0.2, 0.25) is 0 Å². The second-order valence-electron chi connectivity index (χ2n) is 8.66. The average molecular weight is 401 g/mol. The molecule has 3 rings (SSSR count). The summed E-state index contributed by atoms with van der Waals surface area (Å²) in [7, 11) is 0. The molecule has 29 heavy (non-hydrogen) atoms. The number of imide groups is 1. The number of quaternary nitrogens is 1. The molecule has 0 spiro atoms. The quantitative estimate of drug-likeness (QED) is 0.640. The van der Waals surface area contributed by atoms with E-state index in [1.165, 1.54) is 0 Å². The van der Waals surface area contributed by atoms with Crippen molar-refractivity contribution in [2.45, 2.75) is 32.7 Å². The summed E-state index contributed by atoms with van der Waals surface area (Å²) in [4.78, 5) is 53.4. The van der Waals surface area contributed by atoms with Gasteiger partial charge in [0.05, 0.1) is 37.3 Å². The maximum absolute atomic E-state index is 12.5. The van der Waals surface area contributed by atoms with Crippen molar-refractivity contribution in [1.82, 2.24) is 15.1 Å². The largest absolute Gasteiger partial charge is 0.347 e. The maximum atomic E-state index is 12.5. The molecule has 0 bridgehead atoms. The highest BCUT2D eigenvalue weighted by Gasteiger charge is 2.35. The van der Waals surface area contributed by atoms with Crippen LogP contribution in [0.25, 0.3) is 0 Å². The van der Waals surface area contributed by atoms with E-state index in [0.29, 0.717) is 43.9 Å². The number of fused-ring (bicyclic) bond motifs is 1. The number of carbonyl (C=O) groups excluding carboxylic acids is 4. The molecule has 1 saturated heterocycles. The fraction of sp³-hybridized carbons (Fsp3) is 0.524. The Morgan fingerprint density at radius 1 is 1.03 bits per heavy atom. The van der Waals surface area contributed by atoms with Crippen LogP contribution in [0, 0.1) is 0 Å². The molecule has 0 aromatic heterocycles. The van der Waals surface area contributed by atoms with Crippen LogP contribution in [0.4, 0.5) is 0 Å². The minimum Gasteiger partial charge on any atom is -0.347 e. The molecule has 0 saturated carbocycles. The van der Waals surface area contributed by atoms with Gasteiger partial charge in [0.15, 0.2) is 6.54 Å². The monoisotopic (exact) mass is 401 g/mol. The molecule has 2 aliphatic rings. The zero-order valence-electron chi connectivity index (χ0n) is 17.3. The molecule has 156 valence electrons. The summed E-state index contributed by atoms with van der Waals surface area (Å²) in [6, 6.07) is 6.72. The molecule has 8 heteroatoms. The summed E-state index contributed by atoms with van der Waals surface area (Å²) < 4.78 is 0. The number of nitrogens with zero attached hydrogens (tertiary/aromatic N) is 2. The maximum Gasteiger partial charge on any atom is 0.275 e. The topological polar surface area (TPSA) is 91.2 Å². The second kappa shape index (κ2) is 8.32. The van der Waals surface area contributed by atoms with Gasteiger partial charge in [-0.25, -0.2) is 0 Å². The third kappa shape index (κ3) is 5.00. The first kappa shape index (κ1) is 21.0. The number of rotatable bonds is 5. The van der Waals surface area contributed by atoms with Gasteiger partial charge in [0.2, 0.25) is 5.91 Å². The van der Waals surface area contributed by atoms with Gasteiger partial charge >= 0.3 is 0 Å². The molecule has 4 amide bonds. The molecule has 2 heterocycles. The predicted octanol–water partition coefficient (Wildman–Crippen LogP) is -0.685. The number of hydrogen-bond acceptors (Lipinski definition) is 4. The molecule has 0 unspecified atom stereocenters. The Hall–Kier alpha value is -2.74. The van der Waals surface area contributed by atoms with Gasteiger partial charge in [0, 0.05) is 18.5 Å². The van der Waals surface area contributed by atoms with Crippen molar-refractivity contribution < 1.29 is 24.1 Å². The SMILES string of the molecule is CC(C)(C)NC(=O)C[NH+]1CCN(C(=O)CCN2C(=O)c3ccccc3C2=O)CC1. The van der Waals surface area contributed by atoms with Crippen LogP contribution in [-0.4, -0.2) is 78.2 Å². The van der Waals surface area contributed by atoms with Crippen LogP contribution >= 0.6 is 0 Å². The van der Waals surface area contributed by atoms with Crippen molar-refractivity contribution in [2.24, 2.45) is 0 Å². The van der Waals surface area contributed by atoms with E-state index in [9.17, 15) is 19.2 Å². The Kier molecular flexibility index (Phi) is 6.02. The molecule has 1 aromatic rings. The van der Waals surface area contributed by atoms with Gasteiger partial charge in [-0.05, 0) is 32.9 Å². The Balaban J connectivity index is 1.45. The normalized spacial score (nSPS) is 17.5. The van der Waals surface area contributed by atoms with E-state index in [1.54, 1.807) is 29.2 Å². The van der Waals surface area contributed by atoms with E-state index in [4.69, 9.17) is 0 Å². The fourth-order valence-corrected chi connectivity index (χ4v) is 3.75. The van der Waals surface area contributed by atoms with Crippen LogP contribution in [-0.2, 0) is 9.59 Å². The van der Waals surface area contributed by atoms with E-state index in [-0.39, 0.29) is 42.1 Å². The highest BCUT2D eigenvalue weighted by atomic mass is 16.2. The van der Waals surface area contributed by atoms with Crippen molar-refractivity contribution in [3.8, 4) is 0 Å². The molecule has 0 radical (unpaired) electrons. The van der Waals surface area contributed by atoms with E-state index in [1.807, 2.05) is 20.8 Å². The Labute approximate surface area is 170 Å². The van der Waals surface area contributed by atoms with Crippen molar-refractivity contribution in [2.75, 3.05) is 39.3 Å². The van der Waals surface area contributed by atoms with Crippen molar-refractivity contribution in [3.05, 3.63) is 35.4 Å². The van der Waals surface area contributed by atoms with Crippen molar-refractivity contribution in [1.29, 1.82) is 0 Å². The van der Waals surface area contributed by atoms with Gasteiger partial charge < -0.3 is 15.1 Å². The Morgan fingerprint density at radius 3 is 2.10 bits per heavy atom. The van der Waals surface area contributed by atoms with E-state index in [0.717, 1.165) is 9.80 Å². The molecular formula is C21H29N4O4+. The second-order valence-corrected chi connectivity index (χ2v) is 8.66.